The van der Waals surface area contributed by atoms with Crippen LogP contribution < -0.4 is 9.64 Å². The zero-order valence-electron chi connectivity index (χ0n) is 24.2. The van der Waals surface area contributed by atoms with Crippen molar-refractivity contribution in [2.75, 3.05) is 38.2 Å². The third-order valence-electron chi connectivity index (χ3n) is 8.54. The molecular formula is C28H35BrF5N5O3. The van der Waals surface area contributed by atoms with Crippen molar-refractivity contribution in [2.45, 2.75) is 88.9 Å². The van der Waals surface area contributed by atoms with Gasteiger partial charge in [-0.2, -0.15) is 23.1 Å². The molecule has 5 rings (SSSR count). The highest BCUT2D eigenvalue weighted by Crippen LogP contribution is 2.43. The highest BCUT2D eigenvalue weighted by atomic mass is 79.9. The Kier molecular flexibility index (Phi) is 8.04. The van der Waals surface area contributed by atoms with E-state index in [4.69, 9.17) is 9.47 Å². The number of anilines is 1. The number of hydrogen-bond acceptors (Lipinski definition) is 7. The van der Waals surface area contributed by atoms with Gasteiger partial charge in [-0.25, -0.2) is 13.6 Å². The SMILES string of the molecule is C[C@@H]1[C@H](N(C)c2nc(OC[C@@]34CCCN3C[C@H](F)C4)nc3c(F)c(Br)c(C(F)(F)F)cc23)CCN1C(=O)OC(C)(C)C. The number of amides is 1. The smallest absolute Gasteiger partial charge is 0.417 e. The summed E-state index contributed by atoms with van der Waals surface area (Å²) < 4.78 is 82.3. The number of likely N-dealkylation sites (tertiary alicyclic amines) is 1. The molecule has 1 aromatic heterocycles. The summed E-state index contributed by atoms with van der Waals surface area (Å²) in [5.74, 6) is -1.16. The predicted octanol–water partition coefficient (Wildman–Crippen LogP) is 6.34. The van der Waals surface area contributed by atoms with Crippen molar-refractivity contribution in [1.82, 2.24) is 19.8 Å². The first-order valence-electron chi connectivity index (χ1n) is 14.0. The van der Waals surface area contributed by atoms with Gasteiger partial charge >= 0.3 is 18.3 Å². The average Bonchev–Trinajstić information content (AvgIpc) is 3.54. The van der Waals surface area contributed by atoms with Crippen LogP contribution in [0, 0.1) is 5.82 Å². The second-order valence-electron chi connectivity index (χ2n) is 12.5. The Morgan fingerprint density at radius 1 is 1.24 bits per heavy atom. The first kappa shape index (κ1) is 31.0. The first-order valence-corrected chi connectivity index (χ1v) is 14.8. The maximum Gasteiger partial charge on any atom is 0.417 e. The molecule has 1 aromatic carbocycles. The average molecular weight is 665 g/mol. The van der Waals surface area contributed by atoms with Gasteiger partial charge in [0.25, 0.3) is 0 Å². The van der Waals surface area contributed by atoms with E-state index in [1.54, 1.807) is 37.6 Å². The van der Waals surface area contributed by atoms with E-state index < -0.39 is 51.5 Å². The lowest BCUT2D eigenvalue weighted by atomic mass is 9.95. The van der Waals surface area contributed by atoms with Crippen LogP contribution in [0.2, 0.25) is 0 Å². The second kappa shape index (κ2) is 10.9. The van der Waals surface area contributed by atoms with Crippen LogP contribution in [0.5, 0.6) is 6.01 Å². The number of aromatic nitrogens is 2. The first-order chi connectivity index (χ1) is 19.5. The van der Waals surface area contributed by atoms with E-state index in [0.717, 1.165) is 25.5 Å². The minimum atomic E-state index is -4.84. The summed E-state index contributed by atoms with van der Waals surface area (Å²) in [4.78, 5) is 26.8. The Bertz CT molecular complexity index is 1370. The van der Waals surface area contributed by atoms with E-state index in [2.05, 4.69) is 25.9 Å². The fourth-order valence-electron chi connectivity index (χ4n) is 6.53. The third-order valence-corrected chi connectivity index (χ3v) is 9.32. The second-order valence-corrected chi connectivity index (χ2v) is 13.3. The fourth-order valence-corrected chi connectivity index (χ4v) is 7.06. The van der Waals surface area contributed by atoms with Gasteiger partial charge in [0, 0.05) is 31.9 Å². The van der Waals surface area contributed by atoms with E-state index in [1.165, 1.54) is 0 Å². The van der Waals surface area contributed by atoms with E-state index in [-0.39, 0.29) is 35.4 Å². The standard InChI is InChI=1S/C28H35BrF5N5O3/c1-15-19(7-10-39(15)25(40)42-26(2,3)4)37(5)23-17-11-18(28(32,33)34)20(29)21(31)22(17)35-24(36-23)41-14-27-8-6-9-38(27)13-16(30)12-27/h11,15-16,19H,6-10,12-14H2,1-5H3/t15-,16-,19-,27+/m1/s1. The van der Waals surface area contributed by atoms with Gasteiger partial charge in [-0.05, 0) is 75.5 Å². The molecule has 8 nitrogen and oxygen atoms in total. The summed E-state index contributed by atoms with van der Waals surface area (Å²) in [5.41, 5.74) is -2.77. The Labute approximate surface area is 249 Å². The number of nitrogens with zero attached hydrogens (tertiary/aromatic N) is 5. The molecule has 0 saturated carbocycles. The summed E-state index contributed by atoms with van der Waals surface area (Å²) in [5, 5.41) is -0.147. The van der Waals surface area contributed by atoms with Crippen molar-refractivity contribution in [3.05, 3.63) is 21.9 Å². The van der Waals surface area contributed by atoms with Gasteiger partial charge in [0.2, 0.25) is 0 Å². The molecule has 0 N–H and O–H groups in total. The normalized spacial score (nSPS) is 26.6. The monoisotopic (exact) mass is 663 g/mol. The van der Waals surface area contributed by atoms with Gasteiger partial charge in [-0.15, -0.1) is 0 Å². The molecule has 3 aliphatic rings. The van der Waals surface area contributed by atoms with Crippen LogP contribution in [-0.4, -0.2) is 88.5 Å². The number of benzene rings is 1. The Balaban J connectivity index is 1.53. The molecule has 1 amide bonds. The van der Waals surface area contributed by atoms with Crippen LogP contribution in [0.15, 0.2) is 10.5 Å². The molecule has 3 aliphatic heterocycles. The maximum atomic E-state index is 15.6. The van der Waals surface area contributed by atoms with Crippen LogP contribution >= 0.6 is 15.9 Å². The van der Waals surface area contributed by atoms with Crippen molar-refractivity contribution in [3.63, 3.8) is 0 Å². The summed E-state index contributed by atoms with van der Waals surface area (Å²) in [6.07, 6.45) is -3.95. The minimum absolute atomic E-state index is 0.0327. The number of fused-ring (bicyclic) bond motifs is 2. The van der Waals surface area contributed by atoms with E-state index >= 15 is 4.39 Å². The van der Waals surface area contributed by atoms with E-state index in [9.17, 15) is 22.4 Å². The quantitative estimate of drug-likeness (QED) is 0.346. The van der Waals surface area contributed by atoms with Crippen LogP contribution in [0.3, 0.4) is 0 Å². The van der Waals surface area contributed by atoms with Gasteiger partial charge in [-0.3, -0.25) is 4.90 Å². The van der Waals surface area contributed by atoms with Gasteiger partial charge in [0.05, 0.1) is 27.7 Å². The number of carbonyl (C=O) groups excluding carboxylic acids is 1. The lowest BCUT2D eigenvalue weighted by molar-refractivity contribution is -0.138. The molecule has 14 heteroatoms. The molecule has 2 aromatic rings. The van der Waals surface area contributed by atoms with Gasteiger partial charge in [-0.1, -0.05) is 0 Å². The Morgan fingerprint density at radius 3 is 2.62 bits per heavy atom. The van der Waals surface area contributed by atoms with Crippen LogP contribution in [0.4, 0.5) is 32.6 Å². The molecule has 0 radical (unpaired) electrons. The maximum absolute atomic E-state index is 15.6. The van der Waals surface area contributed by atoms with Crippen molar-refractivity contribution < 1.29 is 36.2 Å². The number of alkyl halides is 4. The zero-order chi connectivity index (χ0) is 30.8. The summed E-state index contributed by atoms with van der Waals surface area (Å²) in [6, 6.07) is -0.165. The predicted molar refractivity (Wildman–Crippen MR) is 150 cm³/mol. The minimum Gasteiger partial charge on any atom is -0.461 e. The van der Waals surface area contributed by atoms with Gasteiger partial charge in [0.1, 0.15) is 29.7 Å². The highest BCUT2D eigenvalue weighted by molar-refractivity contribution is 9.10. The lowest BCUT2D eigenvalue weighted by Gasteiger charge is -2.33. The van der Waals surface area contributed by atoms with Crippen molar-refractivity contribution in [2.24, 2.45) is 0 Å². The number of likely N-dealkylation sites (N-methyl/N-ethyl adjacent to an activating group) is 1. The molecule has 0 spiro atoms. The number of ether oxygens (including phenoxy) is 2. The molecule has 0 bridgehead atoms. The van der Waals surface area contributed by atoms with Crippen LogP contribution in [0.25, 0.3) is 10.9 Å². The number of halogens is 6. The van der Waals surface area contributed by atoms with Gasteiger partial charge in [0.15, 0.2) is 5.82 Å². The number of carbonyl (C=O) groups is 1. The molecule has 3 saturated heterocycles. The molecular weight excluding hydrogens is 629 g/mol. The van der Waals surface area contributed by atoms with Crippen LogP contribution in [-0.2, 0) is 10.9 Å². The third kappa shape index (κ3) is 5.72. The Morgan fingerprint density at radius 2 is 1.95 bits per heavy atom. The molecule has 42 heavy (non-hydrogen) atoms. The van der Waals surface area contributed by atoms with Gasteiger partial charge < -0.3 is 19.3 Å². The molecule has 232 valence electrons. The summed E-state index contributed by atoms with van der Waals surface area (Å²) in [6.45, 7) is 8.58. The van der Waals surface area contributed by atoms with E-state index in [1.807, 2.05) is 11.8 Å². The summed E-state index contributed by atoms with van der Waals surface area (Å²) >= 11 is 2.77. The molecule has 4 heterocycles. The summed E-state index contributed by atoms with van der Waals surface area (Å²) in [7, 11) is 1.64. The zero-order valence-corrected chi connectivity index (χ0v) is 25.8. The van der Waals surface area contributed by atoms with Crippen molar-refractivity contribution >= 4 is 38.7 Å². The topological polar surface area (TPSA) is 71.0 Å². The number of rotatable bonds is 5. The number of hydrogen-bond donors (Lipinski definition) is 0. The molecule has 3 fully saturated rings. The lowest BCUT2D eigenvalue weighted by Crippen LogP contribution is -2.46. The molecule has 4 atom stereocenters. The Hall–Kier alpha value is -2.48. The van der Waals surface area contributed by atoms with Crippen molar-refractivity contribution in [1.29, 1.82) is 0 Å². The van der Waals surface area contributed by atoms with E-state index in [0.29, 0.717) is 25.9 Å². The van der Waals surface area contributed by atoms with Crippen LogP contribution in [0.1, 0.15) is 58.9 Å². The largest absolute Gasteiger partial charge is 0.461 e. The van der Waals surface area contributed by atoms with Crippen molar-refractivity contribution in [3.8, 4) is 6.01 Å². The molecule has 0 aliphatic carbocycles. The highest BCUT2D eigenvalue weighted by Gasteiger charge is 2.49. The molecule has 0 unspecified atom stereocenters. The fraction of sp³-hybridized carbons (Fsp3) is 0.679.